The molecule has 3 rings (SSSR count). The molecule has 7 heteroatoms. The van der Waals surface area contributed by atoms with Crippen LogP contribution in [0.25, 0.3) is 0 Å². The third-order valence-corrected chi connectivity index (χ3v) is 4.72. The van der Waals surface area contributed by atoms with Gasteiger partial charge < -0.3 is 14.0 Å². The smallest absolute Gasteiger partial charge is 0.199 e. The molecule has 1 saturated carbocycles. The van der Waals surface area contributed by atoms with Gasteiger partial charge in [-0.1, -0.05) is 6.07 Å². The van der Waals surface area contributed by atoms with Crippen LogP contribution < -0.4 is 9.47 Å². The number of aryl methyl sites for hydroxylation is 1. The van der Waals surface area contributed by atoms with Crippen molar-refractivity contribution in [3.8, 4) is 11.5 Å². The highest BCUT2D eigenvalue weighted by Crippen LogP contribution is 2.36. The topological polar surface area (TPSA) is 44.5 Å². The van der Waals surface area contributed by atoms with Gasteiger partial charge in [0.05, 0.1) is 20.4 Å². The summed E-state index contributed by atoms with van der Waals surface area (Å²) < 4.78 is 15.9. The Labute approximate surface area is 154 Å². The van der Waals surface area contributed by atoms with Gasteiger partial charge in [-0.25, -0.2) is 4.68 Å². The van der Waals surface area contributed by atoms with Crippen molar-refractivity contribution in [2.24, 2.45) is 0 Å². The van der Waals surface area contributed by atoms with E-state index in [0.29, 0.717) is 19.3 Å². The van der Waals surface area contributed by atoms with Gasteiger partial charge in [0.15, 0.2) is 16.3 Å². The van der Waals surface area contributed by atoms with Crippen molar-refractivity contribution in [2.75, 3.05) is 20.8 Å². The van der Waals surface area contributed by atoms with E-state index in [2.05, 4.69) is 27.7 Å². The molecule has 0 N–H and O–H groups in total. The number of nitrogens with zero attached hydrogens (tertiary/aromatic N) is 4. The van der Waals surface area contributed by atoms with Gasteiger partial charge in [0.2, 0.25) is 0 Å². The van der Waals surface area contributed by atoms with Gasteiger partial charge >= 0.3 is 0 Å². The number of ether oxygens (including phenoxy) is 2. The molecule has 1 heterocycles. The maximum atomic E-state index is 5.60. The highest BCUT2D eigenvalue weighted by molar-refractivity contribution is 7.71. The molecule has 1 aromatic heterocycles. The summed E-state index contributed by atoms with van der Waals surface area (Å²) in [6, 6.07) is 6.61. The molecular formula is C18H26N4O2S. The summed E-state index contributed by atoms with van der Waals surface area (Å²) in [6.07, 6.45) is 2.42. The number of methoxy groups -OCH3 is 1. The van der Waals surface area contributed by atoms with E-state index in [0.717, 1.165) is 34.2 Å². The minimum Gasteiger partial charge on any atom is -0.493 e. The lowest BCUT2D eigenvalue weighted by Gasteiger charge is -2.18. The van der Waals surface area contributed by atoms with Crippen LogP contribution in [-0.2, 0) is 13.2 Å². The van der Waals surface area contributed by atoms with Crippen LogP contribution in [0.3, 0.4) is 0 Å². The Morgan fingerprint density at radius 2 is 2.08 bits per heavy atom. The fraction of sp³-hybridized carbons (Fsp3) is 0.556. The number of benzene rings is 1. The SMILES string of the molecule is CCOc1ccc(CN(C)Cn2nc(C)n(C3CC3)c2=S)cc1OC. The van der Waals surface area contributed by atoms with E-state index in [-0.39, 0.29) is 0 Å². The average molecular weight is 362 g/mol. The van der Waals surface area contributed by atoms with E-state index >= 15 is 0 Å². The Balaban J connectivity index is 1.69. The summed E-state index contributed by atoms with van der Waals surface area (Å²) >= 11 is 5.60. The first-order chi connectivity index (χ1) is 12.0. The molecular weight excluding hydrogens is 336 g/mol. The van der Waals surface area contributed by atoms with E-state index in [9.17, 15) is 0 Å². The molecule has 0 radical (unpaired) electrons. The predicted molar refractivity (Wildman–Crippen MR) is 99.7 cm³/mol. The van der Waals surface area contributed by atoms with Crippen LogP contribution in [0.15, 0.2) is 18.2 Å². The molecule has 2 aromatic rings. The lowest BCUT2D eigenvalue weighted by molar-refractivity contribution is 0.242. The van der Waals surface area contributed by atoms with E-state index in [1.807, 2.05) is 30.7 Å². The zero-order valence-corrected chi connectivity index (χ0v) is 16.2. The molecule has 1 fully saturated rings. The van der Waals surface area contributed by atoms with Crippen molar-refractivity contribution >= 4 is 12.2 Å². The normalized spacial score (nSPS) is 14.1. The fourth-order valence-electron chi connectivity index (χ4n) is 3.05. The van der Waals surface area contributed by atoms with Crippen molar-refractivity contribution in [1.29, 1.82) is 0 Å². The minimum atomic E-state index is 0.557. The molecule has 0 saturated heterocycles. The van der Waals surface area contributed by atoms with Gasteiger partial charge in [-0.15, -0.1) is 0 Å². The van der Waals surface area contributed by atoms with Crippen LogP contribution in [0, 0.1) is 11.7 Å². The second kappa shape index (κ2) is 7.58. The summed E-state index contributed by atoms with van der Waals surface area (Å²) in [7, 11) is 3.73. The summed E-state index contributed by atoms with van der Waals surface area (Å²) in [5.41, 5.74) is 1.16. The Hall–Kier alpha value is -1.86. The molecule has 1 aliphatic rings. The number of hydrogen-bond acceptors (Lipinski definition) is 5. The standard InChI is InChI=1S/C18H26N4O2S/c1-5-24-16-9-6-14(10-17(16)23-4)11-20(3)12-21-18(25)22(13(2)19-21)15-7-8-15/h6,9-10,15H,5,7-8,11-12H2,1-4H3. The van der Waals surface area contributed by atoms with Crippen molar-refractivity contribution < 1.29 is 9.47 Å². The average Bonchev–Trinajstić information content (AvgIpc) is 3.36. The minimum absolute atomic E-state index is 0.557. The summed E-state index contributed by atoms with van der Waals surface area (Å²) in [6.45, 7) is 6.06. The molecule has 1 aromatic carbocycles. The van der Waals surface area contributed by atoms with Crippen molar-refractivity contribution in [3.63, 3.8) is 0 Å². The maximum Gasteiger partial charge on any atom is 0.199 e. The second-order valence-corrected chi connectivity index (χ2v) is 6.87. The summed E-state index contributed by atoms with van der Waals surface area (Å²) in [5, 5.41) is 4.61. The fourth-order valence-corrected chi connectivity index (χ4v) is 3.43. The lowest BCUT2D eigenvalue weighted by Crippen LogP contribution is -2.22. The lowest BCUT2D eigenvalue weighted by atomic mass is 10.2. The Morgan fingerprint density at radius 1 is 1.32 bits per heavy atom. The molecule has 0 aliphatic heterocycles. The first-order valence-corrected chi connectivity index (χ1v) is 9.08. The Kier molecular flexibility index (Phi) is 5.44. The second-order valence-electron chi connectivity index (χ2n) is 6.50. The quantitative estimate of drug-likeness (QED) is 0.672. The zero-order valence-electron chi connectivity index (χ0n) is 15.4. The van der Waals surface area contributed by atoms with Crippen LogP contribution >= 0.6 is 12.2 Å². The summed E-state index contributed by atoms with van der Waals surface area (Å²) in [5.74, 6) is 2.54. The molecule has 0 atom stereocenters. The van der Waals surface area contributed by atoms with Gasteiger partial charge in [-0.3, -0.25) is 4.90 Å². The Morgan fingerprint density at radius 3 is 2.72 bits per heavy atom. The van der Waals surface area contributed by atoms with Crippen LogP contribution in [0.2, 0.25) is 0 Å². The van der Waals surface area contributed by atoms with Crippen molar-refractivity contribution in [3.05, 3.63) is 34.4 Å². The largest absolute Gasteiger partial charge is 0.493 e. The molecule has 6 nitrogen and oxygen atoms in total. The van der Waals surface area contributed by atoms with E-state index in [1.165, 1.54) is 12.8 Å². The van der Waals surface area contributed by atoms with Gasteiger partial charge in [0.1, 0.15) is 5.82 Å². The van der Waals surface area contributed by atoms with Gasteiger partial charge in [-0.05, 0) is 63.7 Å². The van der Waals surface area contributed by atoms with Gasteiger partial charge in [-0.2, -0.15) is 5.10 Å². The van der Waals surface area contributed by atoms with Crippen LogP contribution in [0.4, 0.5) is 0 Å². The molecule has 0 spiro atoms. The highest BCUT2D eigenvalue weighted by atomic mass is 32.1. The first-order valence-electron chi connectivity index (χ1n) is 8.67. The molecule has 0 unspecified atom stereocenters. The van der Waals surface area contributed by atoms with E-state index in [4.69, 9.17) is 21.7 Å². The van der Waals surface area contributed by atoms with Crippen molar-refractivity contribution in [2.45, 2.75) is 45.9 Å². The van der Waals surface area contributed by atoms with Crippen LogP contribution in [-0.4, -0.2) is 40.0 Å². The predicted octanol–water partition coefficient (Wildman–Crippen LogP) is 3.55. The third kappa shape index (κ3) is 4.04. The van der Waals surface area contributed by atoms with E-state index < -0.39 is 0 Å². The molecule has 0 bridgehead atoms. The summed E-state index contributed by atoms with van der Waals surface area (Å²) in [4.78, 5) is 2.19. The highest BCUT2D eigenvalue weighted by Gasteiger charge is 2.27. The molecule has 136 valence electrons. The molecule has 25 heavy (non-hydrogen) atoms. The van der Waals surface area contributed by atoms with Crippen LogP contribution in [0.5, 0.6) is 11.5 Å². The first kappa shape index (κ1) is 17.9. The van der Waals surface area contributed by atoms with E-state index in [1.54, 1.807) is 7.11 Å². The van der Waals surface area contributed by atoms with Gasteiger partial charge in [0, 0.05) is 12.6 Å². The monoisotopic (exact) mass is 362 g/mol. The van der Waals surface area contributed by atoms with Crippen molar-refractivity contribution in [1.82, 2.24) is 19.2 Å². The molecule has 1 aliphatic carbocycles. The number of aromatic nitrogens is 3. The van der Waals surface area contributed by atoms with Crippen LogP contribution in [0.1, 0.15) is 37.2 Å². The zero-order chi connectivity index (χ0) is 18.0. The Bertz CT molecular complexity index is 795. The number of rotatable bonds is 8. The third-order valence-electron chi connectivity index (χ3n) is 4.31. The number of hydrogen-bond donors (Lipinski definition) is 0. The molecule has 0 amide bonds. The van der Waals surface area contributed by atoms with Gasteiger partial charge in [0.25, 0.3) is 0 Å². The maximum absolute atomic E-state index is 5.60.